The predicted molar refractivity (Wildman–Crippen MR) is 110 cm³/mol. The molecule has 4 aromatic rings. The van der Waals surface area contributed by atoms with Crippen molar-refractivity contribution in [3.8, 4) is 0 Å². The SMILES string of the molecule is O=C(/C(=C/c1ccccc1C(F)(F)F)c1nc2ccccc2s1)c1ccccc1. The summed E-state index contributed by atoms with van der Waals surface area (Å²) in [7, 11) is 0. The zero-order chi connectivity index (χ0) is 20.4. The van der Waals surface area contributed by atoms with Gasteiger partial charge in [-0.25, -0.2) is 4.98 Å². The molecule has 0 fully saturated rings. The Hall–Kier alpha value is -3.25. The molecule has 0 N–H and O–H groups in total. The smallest absolute Gasteiger partial charge is 0.288 e. The van der Waals surface area contributed by atoms with Crippen molar-refractivity contribution >= 4 is 39.0 Å². The van der Waals surface area contributed by atoms with E-state index in [0.29, 0.717) is 16.1 Å². The van der Waals surface area contributed by atoms with Crippen LogP contribution in [0, 0.1) is 0 Å². The van der Waals surface area contributed by atoms with Gasteiger partial charge in [0.05, 0.1) is 21.4 Å². The molecule has 2 nitrogen and oxygen atoms in total. The molecule has 29 heavy (non-hydrogen) atoms. The number of halogens is 3. The van der Waals surface area contributed by atoms with Gasteiger partial charge in [-0.2, -0.15) is 13.2 Å². The quantitative estimate of drug-likeness (QED) is 0.276. The molecule has 0 saturated heterocycles. The molecule has 4 rings (SSSR count). The third-order valence-electron chi connectivity index (χ3n) is 4.37. The number of alkyl halides is 3. The highest BCUT2D eigenvalue weighted by atomic mass is 32.1. The number of para-hydroxylation sites is 1. The second kappa shape index (κ2) is 7.64. The van der Waals surface area contributed by atoms with E-state index < -0.39 is 11.7 Å². The molecule has 144 valence electrons. The van der Waals surface area contributed by atoms with Crippen molar-refractivity contribution in [3.05, 3.63) is 101 Å². The Morgan fingerprint density at radius 1 is 0.862 bits per heavy atom. The maximum absolute atomic E-state index is 13.5. The van der Waals surface area contributed by atoms with Gasteiger partial charge in [-0.15, -0.1) is 11.3 Å². The Balaban J connectivity index is 1.92. The first kappa shape index (κ1) is 19.1. The molecule has 0 spiro atoms. The largest absolute Gasteiger partial charge is 0.416 e. The molecule has 1 heterocycles. The van der Waals surface area contributed by atoms with Crippen LogP contribution in [0.15, 0.2) is 78.9 Å². The molecule has 0 amide bonds. The van der Waals surface area contributed by atoms with Gasteiger partial charge in [0.15, 0.2) is 5.78 Å². The van der Waals surface area contributed by atoms with Crippen molar-refractivity contribution in [2.24, 2.45) is 0 Å². The summed E-state index contributed by atoms with van der Waals surface area (Å²) in [5.41, 5.74) is 0.359. The van der Waals surface area contributed by atoms with Crippen LogP contribution in [0.5, 0.6) is 0 Å². The van der Waals surface area contributed by atoms with Crippen molar-refractivity contribution < 1.29 is 18.0 Å². The Morgan fingerprint density at radius 3 is 2.24 bits per heavy atom. The lowest BCUT2D eigenvalue weighted by atomic mass is 9.99. The molecule has 0 aliphatic carbocycles. The molecule has 0 atom stereocenters. The van der Waals surface area contributed by atoms with Gasteiger partial charge in [-0.3, -0.25) is 4.79 Å². The van der Waals surface area contributed by atoms with E-state index in [2.05, 4.69) is 4.98 Å². The lowest BCUT2D eigenvalue weighted by Crippen LogP contribution is -2.08. The average Bonchev–Trinajstić information content (AvgIpc) is 3.15. The third kappa shape index (κ3) is 3.98. The van der Waals surface area contributed by atoms with Crippen LogP contribution in [0.2, 0.25) is 0 Å². The third-order valence-corrected chi connectivity index (χ3v) is 5.44. The molecule has 6 heteroatoms. The van der Waals surface area contributed by atoms with Crippen LogP contribution in [0.4, 0.5) is 13.2 Å². The fourth-order valence-electron chi connectivity index (χ4n) is 2.99. The number of hydrogen-bond donors (Lipinski definition) is 0. The monoisotopic (exact) mass is 409 g/mol. The Kier molecular flexibility index (Phi) is 5.03. The van der Waals surface area contributed by atoms with Crippen molar-refractivity contribution in [3.63, 3.8) is 0 Å². The number of nitrogens with zero attached hydrogens (tertiary/aromatic N) is 1. The summed E-state index contributed by atoms with van der Waals surface area (Å²) in [6.07, 6.45) is -3.24. The second-order valence-corrected chi connectivity index (χ2v) is 7.36. The number of ketones is 1. The molecule has 0 unspecified atom stereocenters. The highest BCUT2D eigenvalue weighted by Gasteiger charge is 2.33. The molecular weight excluding hydrogens is 395 g/mol. The average molecular weight is 409 g/mol. The summed E-state index contributed by atoms with van der Waals surface area (Å²) < 4.78 is 41.3. The number of fused-ring (bicyclic) bond motifs is 1. The second-order valence-electron chi connectivity index (χ2n) is 6.32. The van der Waals surface area contributed by atoms with E-state index in [-0.39, 0.29) is 16.9 Å². The van der Waals surface area contributed by atoms with Gasteiger partial charge in [0, 0.05) is 5.56 Å². The van der Waals surface area contributed by atoms with Crippen molar-refractivity contribution in [1.82, 2.24) is 4.98 Å². The Morgan fingerprint density at radius 2 is 1.52 bits per heavy atom. The first-order valence-electron chi connectivity index (χ1n) is 8.77. The number of hydrogen-bond acceptors (Lipinski definition) is 3. The van der Waals surface area contributed by atoms with E-state index in [1.165, 1.54) is 35.6 Å². The number of allylic oxidation sites excluding steroid dienone is 1. The molecule has 0 aliphatic heterocycles. The van der Waals surface area contributed by atoms with Crippen LogP contribution < -0.4 is 0 Å². The molecule has 0 radical (unpaired) electrons. The Bertz CT molecular complexity index is 1180. The molecule has 3 aromatic carbocycles. The molecular formula is C23H14F3NOS. The summed E-state index contributed by atoms with van der Waals surface area (Å²) >= 11 is 1.28. The van der Waals surface area contributed by atoms with Crippen LogP contribution in [0.25, 0.3) is 21.9 Å². The summed E-state index contributed by atoms with van der Waals surface area (Å²) in [6.45, 7) is 0. The zero-order valence-corrected chi connectivity index (χ0v) is 15.8. The molecule has 0 aliphatic rings. The van der Waals surface area contributed by atoms with Crippen LogP contribution in [-0.4, -0.2) is 10.8 Å². The van der Waals surface area contributed by atoms with Crippen molar-refractivity contribution in [2.45, 2.75) is 6.18 Å². The fraction of sp³-hybridized carbons (Fsp3) is 0.0435. The van der Waals surface area contributed by atoms with Gasteiger partial charge in [0.25, 0.3) is 0 Å². The predicted octanol–water partition coefficient (Wildman–Crippen LogP) is 6.74. The minimum Gasteiger partial charge on any atom is -0.288 e. The minimum atomic E-state index is -4.53. The summed E-state index contributed by atoms with van der Waals surface area (Å²) in [5.74, 6) is -0.373. The topological polar surface area (TPSA) is 30.0 Å². The van der Waals surface area contributed by atoms with Crippen LogP contribution >= 0.6 is 11.3 Å². The summed E-state index contributed by atoms with van der Waals surface area (Å²) in [6, 6.07) is 21.0. The van der Waals surface area contributed by atoms with Gasteiger partial charge in [0.2, 0.25) is 0 Å². The number of carbonyl (C=O) groups is 1. The fourth-order valence-corrected chi connectivity index (χ4v) is 3.97. The number of benzene rings is 3. The van der Waals surface area contributed by atoms with E-state index >= 15 is 0 Å². The molecule has 0 bridgehead atoms. The van der Waals surface area contributed by atoms with Gasteiger partial charge < -0.3 is 0 Å². The number of carbonyl (C=O) groups excluding carboxylic acids is 1. The van der Waals surface area contributed by atoms with Crippen LogP contribution in [-0.2, 0) is 6.18 Å². The van der Waals surface area contributed by atoms with E-state index in [4.69, 9.17) is 0 Å². The number of thiazole rings is 1. The van der Waals surface area contributed by atoms with Crippen molar-refractivity contribution in [2.75, 3.05) is 0 Å². The number of aromatic nitrogens is 1. The van der Waals surface area contributed by atoms with E-state index in [1.807, 2.05) is 24.3 Å². The van der Waals surface area contributed by atoms with Gasteiger partial charge in [0.1, 0.15) is 5.01 Å². The first-order chi connectivity index (χ1) is 13.9. The molecule has 1 aromatic heterocycles. The lowest BCUT2D eigenvalue weighted by Gasteiger charge is -2.11. The Labute approximate surface area is 169 Å². The summed E-state index contributed by atoms with van der Waals surface area (Å²) in [4.78, 5) is 17.7. The highest BCUT2D eigenvalue weighted by Crippen LogP contribution is 2.35. The van der Waals surface area contributed by atoms with Gasteiger partial charge >= 0.3 is 6.18 Å². The van der Waals surface area contributed by atoms with Crippen LogP contribution in [0.1, 0.15) is 26.5 Å². The van der Waals surface area contributed by atoms with E-state index in [9.17, 15) is 18.0 Å². The van der Waals surface area contributed by atoms with E-state index in [0.717, 1.165) is 10.8 Å². The summed E-state index contributed by atoms with van der Waals surface area (Å²) in [5, 5.41) is 0.386. The maximum Gasteiger partial charge on any atom is 0.416 e. The standard InChI is InChI=1S/C23H14F3NOS/c24-23(25,26)18-11-5-4-10-16(18)14-17(21(28)15-8-2-1-3-9-15)22-27-19-12-6-7-13-20(19)29-22/h1-14H/b17-14-. The normalized spacial score (nSPS) is 12.3. The first-order valence-corrected chi connectivity index (χ1v) is 9.59. The number of rotatable bonds is 4. The van der Waals surface area contributed by atoms with Gasteiger partial charge in [-0.05, 0) is 29.8 Å². The minimum absolute atomic E-state index is 0.0708. The number of Topliss-reactive ketones (excluding diaryl/α,β-unsaturated/α-hetero) is 1. The van der Waals surface area contributed by atoms with Crippen LogP contribution in [0.3, 0.4) is 0 Å². The lowest BCUT2D eigenvalue weighted by molar-refractivity contribution is -0.137. The maximum atomic E-state index is 13.5. The zero-order valence-electron chi connectivity index (χ0n) is 15.0. The van der Waals surface area contributed by atoms with Crippen molar-refractivity contribution in [1.29, 1.82) is 0 Å². The van der Waals surface area contributed by atoms with E-state index in [1.54, 1.807) is 30.3 Å². The van der Waals surface area contributed by atoms with Gasteiger partial charge in [-0.1, -0.05) is 60.7 Å². The highest BCUT2D eigenvalue weighted by molar-refractivity contribution is 7.20. The molecule has 0 saturated carbocycles.